The second-order valence-electron chi connectivity index (χ2n) is 8.52. The third-order valence-corrected chi connectivity index (χ3v) is 5.35. The van der Waals surface area contributed by atoms with Crippen LogP contribution in [0, 0.1) is 0 Å². The van der Waals surface area contributed by atoms with Crippen LogP contribution < -0.4 is 5.32 Å². The highest BCUT2D eigenvalue weighted by Gasteiger charge is 2.03. The molecule has 0 saturated heterocycles. The van der Waals surface area contributed by atoms with Crippen LogP contribution in [0.25, 0.3) is 0 Å². The molecule has 0 radical (unpaired) electrons. The predicted octanol–water partition coefficient (Wildman–Crippen LogP) is 3.49. The summed E-state index contributed by atoms with van der Waals surface area (Å²) in [6.07, 6.45) is 21.1. The van der Waals surface area contributed by atoms with E-state index in [-0.39, 0.29) is 32.3 Å². The maximum Gasteiger partial charge on any atom is 0.322 e. The molecule has 0 rings (SSSR count). The van der Waals surface area contributed by atoms with E-state index in [0.29, 0.717) is 26.1 Å². The monoisotopic (exact) mass is 488 g/mol. The molecule has 8 heteroatoms. The first kappa shape index (κ1) is 34.7. The lowest BCUT2D eigenvalue weighted by atomic mass is 10.1. The normalized spacial score (nSPS) is 11.0. The van der Waals surface area contributed by atoms with E-state index in [1.807, 2.05) is 0 Å². The first-order valence-corrected chi connectivity index (χ1v) is 13.2. The number of unbranched alkanes of at least 4 members (excludes halogenated alkanes) is 11. The third kappa shape index (κ3) is 30.5. The van der Waals surface area contributed by atoms with Gasteiger partial charge in [-0.05, 0) is 32.1 Å². The number of carboxylic acid groups (broad SMARTS) is 1. The van der Waals surface area contributed by atoms with Gasteiger partial charge in [0.2, 0.25) is 5.91 Å². The molecule has 0 aliphatic heterocycles. The van der Waals surface area contributed by atoms with Crippen LogP contribution in [0.15, 0.2) is 12.2 Å². The van der Waals surface area contributed by atoms with Gasteiger partial charge >= 0.3 is 5.97 Å². The van der Waals surface area contributed by atoms with E-state index in [1.54, 1.807) is 4.90 Å². The van der Waals surface area contributed by atoms with Crippen molar-refractivity contribution in [3.63, 3.8) is 0 Å². The Morgan fingerprint density at radius 2 is 1.15 bits per heavy atom. The SMILES string of the molecule is CCCCCCCC/C=C\CCCCCCCC(=O)NCC(=O)O.OCCN(CCO)CCO. The lowest BCUT2D eigenvalue weighted by Gasteiger charge is -2.17. The molecule has 5 N–H and O–H groups in total. The number of hydrogen-bond donors (Lipinski definition) is 5. The molecule has 0 spiro atoms. The van der Waals surface area contributed by atoms with Crippen molar-refractivity contribution in [3.05, 3.63) is 12.2 Å². The quantitative estimate of drug-likeness (QED) is 0.110. The summed E-state index contributed by atoms with van der Waals surface area (Å²) >= 11 is 0. The Kier molecular flexibility index (Phi) is 30.1. The van der Waals surface area contributed by atoms with Crippen LogP contribution in [0.4, 0.5) is 0 Å². The highest BCUT2D eigenvalue weighted by Crippen LogP contribution is 2.09. The summed E-state index contributed by atoms with van der Waals surface area (Å²) in [5.41, 5.74) is 0. The number of carboxylic acids is 1. The summed E-state index contributed by atoms with van der Waals surface area (Å²) in [4.78, 5) is 23.4. The molecule has 202 valence electrons. The molecule has 8 nitrogen and oxygen atoms in total. The molecule has 1 amide bonds. The lowest BCUT2D eigenvalue weighted by molar-refractivity contribution is -0.137. The largest absolute Gasteiger partial charge is 0.480 e. The fraction of sp³-hybridized carbons (Fsp3) is 0.846. The fourth-order valence-corrected chi connectivity index (χ4v) is 3.38. The number of aliphatic carboxylic acids is 1. The van der Waals surface area contributed by atoms with Crippen molar-refractivity contribution in [1.29, 1.82) is 0 Å². The molecule has 0 saturated carbocycles. The van der Waals surface area contributed by atoms with Gasteiger partial charge in [0.05, 0.1) is 19.8 Å². The van der Waals surface area contributed by atoms with E-state index >= 15 is 0 Å². The van der Waals surface area contributed by atoms with E-state index in [4.69, 9.17) is 20.4 Å². The molecular weight excluding hydrogens is 436 g/mol. The van der Waals surface area contributed by atoms with Crippen molar-refractivity contribution < 1.29 is 30.0 Å². The first-order chi connectivity index (χ1) is 16.5. The van der Waals surface area contributed by atoms with Gasteiger partial charge in [-0.2, -0.15) is 0 Å². The zero-order valence-corrected chi connectivity index (χ0v) is 21.6. The van der Waals surface area contributed by atoms with E-state index in [2.05, 4.69) is 24.4 Å². The third-order valence-electron chi connectivity index (χ3n) is 5.35. The first-order valence-electron chi connectivity index (χ1n) is 13.2. The Hall–Kier alpha value is -1.48. The van der Waals surface area contributed by atoms with Gasteiger partial charge < -0.3 is 25.7 Å². The molecule has 0 unspecified atom stereocenters. The summed E-state index contributed by atoms with van der Waals surface area (Å²) in [5, 5.41) is 36.3. The second kappa shape index (κ2) is 29.6. The van der Waals surface area contributed by atoms with Gasteiger partial charge in [0.25, 0.3) is 0 Å². The Morgan fingerprint density at radius 3 is 1.59 bits per heavy atom. The van der Waals surface area contributed by atoms with Crippen molar-refractivity contribution in [3.8, 4) is 0 Å². The average Bonchev–Trinajstić information content (AvgIpc) is 2.81. The maximum atomic E-state index is 11.3. The Balaban J connectivity index is 0. The van der Waals surface area contributed by atoms with Gasteiger partial charge in [0, 0.05) is 26.1 Å². The molecule has 0 aromatic heterocycles. The van der Waals surface area contributed by atoms with E-state index in [9.17, 15) is 9.59 Å². The molecule has 0 aromatic rings. The van der Waals surface area contributed by atoms with Crippen LogP contribution in [0.3, 0.4) is 0 Å². The van der Waals surface area contributed by atoms with Gasteiger partial charge in [0.1, 0.15) is 6.54 Å². The van der Waals surface area contributed by atoms with Crippen LogP contribution in [0.5, 0.6) is 0 Å². The summed E-state index contributed by atoms with van der Waals surface area (Å²) in [5.74, 6) is -1.15. The number of amides is 1. The van der Waals surface area contributed by atoms with Crippen LogP contribution in [-0.4, -0.2) is 83.2 Å². The molecule has 0 aromatic carbocycles. The lowest BCUT2D eigenvalue weighted by Crippen LogP contribution is -2.32. The predicted molar refractivity (Wildman–Crippen MR) is 138 cm³/mol. The summed E-state index contributed by atoms with van der Waals surface area (Å²) in [6.45, 7) is 3.73. The van der Waals surface area contributed by atoms with Crippen LogP contribution in [0.1, 0.15) is 96.8 Å². The number of rotatable bonds is 23. The molecular formula is C26H52N2O6. The Morgan fingerprint density at radius 1 is 0.706 bits per heavy atom. The number of nitrogens with zero attached hydrogens (tertiary/aromatic N) is 1. The zero-order chi connectivity index (χ0) is 25.7. The molecule has 0 heterocycles. The Labute approximate surface area is 207 Å². The number of aliphatic hydroxyl groups is 3. The second-order valence-corrected chi connectivity index (χ2v) is 8.52. The number of nitrogens with one attached hydrogen (secondary N) is 1. The standard InChI is InChI=1S/C20H37NO3.C6H15NO3/c1-2-3-4-5-6-7-8-9-10-11-12-13-14-15-16-17-19(22)21-18-20(23)24;8-4-1-7(2-5-9)3-6-10/h9-10H,2-8,11-18H2,1H3,(H,21,22)(H,23,24);8-10H,1-6H2/b10-9-;. The van der Waals surface area contributed by atoms with Crippen molar-refractivity contribution in [2.75, 3.05) is 46.0 Å². The van der Waals surface area contributed by atoms with Gasteiger partial charge in [-0.1, -0.05) is 70.4 Å². The molecule has 0 aliphatic carbocycles. The van der Waals surface area contributed by atoms with Gasteiger partial charge in [-0.15, -0.1) is 0 Å². The van der Waals surface area contributed by atoms with E-state index in [1.165, 1.54) is 57.8 Å². The number of hydrogen-bond acceptors (Lipinski definition) is 6. The zero-order valence-electron chi connectivity index (χ0n) is 21.6. The molecule has 0 bridgehead atoms. The van der Waals surface area contributed by atoms with E-state index < -0.39 is 5.97 Å². The minimum atomic E-state index is -0.993. The Bertz CT molecular complexity index is 460. The number of carbonyl (C=O) groups excluding carboxylic acids is 1. The van der Waals surface area contributed by atoms with Crippen molar-refractivity contribution in [2.24, 2.45) is 0 Å². The molecule has 0 atom stereocenters. The molecule has 0 fully saturated rings. The average molecular weight is 489 g/mol. The number of allylic oxidation sites excluding steroid dienone is 2. The van der Waals surface area contributed by atoms with Crippen molar-refractivity contribution in [1.82, 2.24) is 10.2 Å². The van der Waals surface area contributed by atoms with Crippen molar-refractivity contribution in [2.45, 2.75) is 96.8 Å². The summed E-state index contributed by atoms with van der Waals surface area (Å²) in [7, 11) is 0. The number of aliphatic hydroxyl groups excluding tert-OH is 3. The van der Waals surface area contributed by atoms with Crippen LogP contribution in [0.2, 0.25) is 0 Å². The van der Waals surface area contributed by atoms with Crippen LogP contribution in [-0.2, 0) is 9.59 Å². The smallest absolute Gasteiger partial charge is 0.322 e. The summed E-state index contributed by atoms with van der Waals surface area (Å²) < 4.78 is 0. The highest BCUT2D eigenvalue weighted by molar-refractivity contribution is 5.80. The van der Waals surface area contributed by atoms with E-state index in [0.717, 1.165) is 25.7 Å². The fourth-order valence-electron chi connectivity index (χ4n) is 3.38. The van der Waals surface area contributed by atoms with Gasteiger partial charge in [-0.3, -0.25) is 14.5 Å². The topological polar surface area (TPSA) is 130 Å². The van der Waals surface area contributed by atoms with Gasteiger partial charge in [-0.25, -0.2) is 0 Å². The number of carbonyl (C=O) groups is 2. The van der Waals surface area contributed by atoms with Crippen molar-refractivity contribution >= 4 is 11.9 Å². The summed E-state index contributed by atoms with van der Waals surface area (Å²) in [6, 6.07) is 0. The molecule has 0 aliphatic rings. The minimum absolute atomic E-state index is 0.0694. The van der Waals surface area contributed by atoms with Gasteiger partial charge in [0.15, 0.2) is 0 Å². The minimum Gasteiger partial charge on any atom is -0.480 e. The maximum absolute atomic E-state index is 11.3. The molecule has 34 heavy (non-hydrogen) atoms. The van der Waals surface area contributed by atoms with Crippen LogP contribution >= 0.6 is 0 Å². The highest BCUT2D eigenvalue weighted by atomic mass is 16.4.